The highest BCUT2D eigenvalue weighted by Crippen LogP contribution is 2.22. The summed E-state index contributed by atoms with van der Waals surface area (Å²) in [6, 6.07) is 11.0. The minimum absolute atomic E-state index is 0.102. The Morgan fingerprint density at radius 3 is 2.64 bits per heavy atom. The molecule has 0 atom stereocenters. The molecule has 0 saturated heterocycles. The monoisotopic (exact) mass is 333 g/mol. The van der Waals surface area contributed by atoms with Crippen molar-refractivity contribution in [3.8, 4) is 11.8 Å². The lowest BCUT2D eigenvalue weighted by Crippen LogP contribution is -2.32. The number of benzene rings is 1. The maximum absolute atomic E-state index is 12.6. The molecular formula is C20H19N3O2. The molecule has 0 bridgehead atoms. The third-order valence-corrected chi connectivity index (χ3v) is 4.13. The zero-order chi connectivity index (χ0) is 18.0. The van der Waals surface area contributed by atoms with Crippen molar-refractivity contribution in [3.63, 3.8) is 0 Å². The van der Waals surface area contributed by atoms with Gasteiger partial charge in [-0.1, -0.05) is 12.0 Å². The lowest BCUT2D eigenvalue weighted by molar-refractivity contribution is 0.00839. The van der Waals surface area contributed by atoms with Gasteiger partial charge in [0.15, 0.2) is 0 Å². The minimum atomic E-state index is -0.669. The summed E-state index contributed by atoms with van der Waals surface area (Å²) in [5.74, 6) is 6.65. The van der Waals surface area contributed by atoms with Crippen LogP contribution in [0.4, 0.5) is 0 Å². The molecule has 25 heavy (non-hydrogen) atoms. The minimum Gasteiger partial charge on any atom is -0.371 e. The summed E-state index contributed by atoms with van der Waals surface area (Å²) in [5.41, 5.74) is 1.31. The highest BCUT2D eigenvalue weighted by molar-refractivity contribution is 5.79. The van der Waals surface area contributed by atoms with Gasteiger partial charge in [-0.2, -0.15) is 0 Å². The average molecular weight is 333 g/mol. The van der Waals surface area contributed by atoms with E-state index >= 15 is 0 Å². The van der Waals surface area contributed by atoms with Gasteiger partial charge in [-0.05, 0) is 50.1 Å². The summed E-state index contributed by atoms with van der Waals surface area (Å²) >= 11 is 0. The SMILES string of the molecule is COC(C)(C)c1nc2cc(C#Cc3ccccn3)ccc2c(=O)n1C. The quantitative estimate of drug-likeness (QED) is 0.677. The molecule has 0 amide bonds. The van der Waals surface area contributed by atoms with Crippen LogP contribution in [-0.2, 0) is 17.4 Å². The molecule has 0 aliphatic rings. The van der Waals surface area contributed by atoms with Crippen LogP contribution in [0.15, 0.2) is 47.4 Å². The van der Waals surface area contributed by atoms with Crippen LogP contribution >= 0.6 is 0 Å². The summed E-state index contributed by atoms with van der Waals surface area (Å²) in [6.07, 6.45) is 1.70. The molecule has 3 rings (SSSR count). The first kappa shape index (κ1) is 16.9. The van der Waals surface area contributed by atoms with E-state index in [-0.39, 0.29) is 5.56 Å². The van der Waals surface area contributed by atoms with E-state index in [9.17, 15) is 4.79 Å². The molecule has 0 aliphatic carbocycles. The van der Waals surface area contributed by atoms with Crippen LogP contribution in [0.25, 0.3) is 10.9 Å². The third-order valence-electron chi connectivity index (χ3n) is 4.13. The van der Waals surface area contributed by atoms with Crippen molar-refractivity contribution in [1.82, 2.24) is 14.5 Å². The summed E-state index contributed by atoms with van der Waals surface area (Å²) < 4.78 is 7.02. The maximum Gasteiger partial charge on any atom is 0.261 e. The molecule has 2 heterocycles. The Morgan fingerprint density at radius 2 is 1.96 bits per heavy atom. The lowest BCUT2D eigenvalue weighted by Gasteiger charge is -2.24. The number of nitrogens with zero attached hydrogens (tertiary/aromatic N) is 3. The summed E-state index contributed by atoms with van der Waals surface area (Å²) in [6.45, 7) is 3.76. The van der Waals surface area contributed by atoms with Gasteiger partial charge in [0.25, 0.3) is 5.56 Å². The molecule has 0 spiro atoms. The van der Waals surface area contributed by atoms with Crippen LogP contribution < -0.4 is 5.56 Å². The van der Waals surface area contributed by atoms with E-state index in [4.69, 9.17) is 4.74 Å². The molecule has 126 valence electrons. The molecule has 0 saturated carbocycles. The van der Waals surface area contributed by atoms with Gasteiger partial charge in [-0.15, -0.1) is 0 Å². The molecule has 0 unspecified atom stereocenters. The van der Waals surface area contributed by atoms with Crippen LogP contribution in [0, 0.1) is 11.8 Å². The average Bonchev–Trinajstić information content (AvgIpc) is 2.63. The first-order valence-corrected chi connectivity index (χ1v) is 7.92. The van der Waals surface area contributed by atoms with Crippen molar-refractivity contribution in [3.05, 3.63) is 70.0 Å². The van der Waals surface area contributed by atoms with Crippen LogP contribution in [0.2, 0.25) is 0 Å². The summed E-state index contributed by atoms with van der Waals surface area (Å²) in [4.78, 5) is 21.5. The van der Waals surface area contributed by atoms with Crippen molar-refractivity contribution < 1.29 is 4.74 Å². The normalized spacial score (nSPS) is 11.2. The molecular weight excluding hydrogens is 314 g/mol. The third kappa shape index (κ3) is 3.30. The number of hydrogen-bond donors (Lipinski definition) is 0. The highest BCUT2D eigenvalue weighted by Gasteiger charge is 2.25. The molecule has 2 aromatic heterocycles. The van der Waals surface area contributed by atoms with Gasteiger partial charge in [0.2, 0.25) is 0 Å². The number of fused-ring (bicyclic) bond motifs is 1. The molecule has 1 aromatic carbocycles. The van der Waals surface area contributed by atoms with E-state index in [0.29, 0.717) is 22.4 Å². The van der Waals surface area contributed by atoms with Gasteiger partial charge >= 0.3 is 0 Å². The second kappa shape index (κ2) is 6.50. The van der Waals surface area contributed by atoms with E-state index in [0.717, 1.165) is 5.56 Å². The summed E-state index contributed by atoms with van der Waals surface area (Å²) in [7, 11) is 3.31. The number of rotatable bonds is 2. The predicted molar refractivity (Wildman–Crippen MR) is 97.2 cm³/mol. The Hall–Kier alpha value is -2.97. The van der Waals surface area contributed by atoms with E-state index in [1.165, 1.54) is 4.57 Å². The number of ether oxygens (including phenoxy) is 1. The number of aromatic nitrogens is 3. The Balaban J connectivity index is 2.13. The summed E-state index contributed by atoms with van der Waals surface area (Å²) in [5, 5.41) is 0.557. The van der Waals surface area contributed by atoms with E-state index in [2.05, 4.69) is 21.8 Å². The van der Waals surface area contributed by atoms with Crippen LogP contribution in [0.1, 0.15) is 30.9 Å². The lowest BCUT2D eigenvalue weighted by atomic mass is 10.1. The smallest absolute Gasteiger partial charge is 0.261 e. The molecule has 5 nitrogen and oxygen atoms in total. The topological polar surface area (TPSA) is 57.0 Å². The number of methoxy groups -OCH3 is 1. The maximum atomic E-state index is 12.6. The fraction of sp³-hybridized carbons (Fsp3) is 0.250. The van der Waals surface area contributed by atoms with Gasteiger partial charge in [0, 0.05) is 25.9 Å². The number of pyridine rings is 1. The van der Waals surface area contributed by atoms with Gasteiger partial charge in [-0.3, -0.25) is 9.36 Å². The fourth-order valence-electron chi connectivity index (χ4n) is 2.55. The van der Waals surface area contributed by atoms with Crippen LogP contribution in [0.5, 0.6) is 0 Å². The zero-order valence-electron chi connectivity index (χ0n) is 14.7. The van der Waals surface area contributed by atoms with Gasteiger partial charge in [-0.25, -0.2) is 9.97 Å². The van der Waals surface area contributed by atoms with Crippen molar-refractivity contribution >= 4 is 10.9 Å². The molecule has 3 aromatic rings. The Bertz CT molecular complexity index is 1040. The van der Waals surface area contributed by atoms with E-state index < -0.39 is 5.60 Å². The van der Waals surface area contributed by atoms with Gasteiger partial charge in [0.1, 0.15) is 17.1 Å². The fourth-order valence-corrected chi connectivity index (χ4v) is 2.55. The molecule has 0 aliphatic heterocycles. The first-order chi connectivity index (χ1) is 11.9. The van der Waals surface area contributed by atoms with Crippen molar-refractivity contribution in [1.29, 1.82) is 0 Å². The van der Waals surface area contributed by atoms with E-state index in [1.54, 1.807) is 26.4 Å². The Morgan fingerprint density at radius 1 is 1.16 bits per heavy atom. The molecule has 0 N–H and O–H groups in total. The molecule has 5 heteroatoms. The van der Waals surface area contributed by atoms with Crippen LogP contribution in [-0.4, -0.2) is 21.6 Å². The molecule has 0 radical (unpaired) electrons. The molecule has 0 fully saturated rings. The van der Waals surface area contributed by atoms with Crippen LogP contribution in [0.3, 0.4) is 0 Å². The standard InChI is InChI=1S/C20H19N3O2/c1-20(2,25-4)19-22-17-13-14(8-10-15-7-5-6-12-21-15)9-11-16(17)18(24)23(19)3/h5-7,9,11-13H,1-4H3. The van der Waals surface area contributed by atoms with Crippen molar-refractivity contribution in [2.75, 3.05) is 7.11 Å². The predicted octanol–water partition coefficient (Wildman–Crippen LogP) is 2.61. The number of hydrogen-bond acceptors (Lipinski definition) is 4. The second-order valence-electron chi connectivity index (χ2n) is 6.21. The largest absolute Gasteiger partial charge is 0.371 e. The van der Waals surface area contributed by atoms with E-state index in [1.807, 2.05) is 44.2 Å². The zero-order valence-corrected chi connectivity index (χ0v) is 14.7. The highest BCUT2D eigenvalue weighted by atomic mass is 16.5. The van der Waals surface area contributed by atoms with Gasteiger partial charge < -0.3 is 4.74 Å². The second-order valence-corrected chi connectivity index (χ2v) is 6.21. The first-order valence-electron chi connectivity index (χ1n) is 7.92. The Kier molecular flexibility index (Phi) is 4.39. The van der Waals surface area contributed by atoms with Crippen molar-refractivity contribution in [2.24, 2.45) is 7.05 Å². The van der Waals surface area contributed by atoms with Crippen molar-refractivity contribution in [2.45, 2.75) is 19.4 Å². The Labute approximate surface area is 146 Å². The van der Waals surface area contributed by atoms with Gasteiger partial charge in [0.05, 0.1) is 10.9 Å².